The van der Waals surface area contributed by atoms with Crippen molar-refractivity contribution in [2.24, 2.45) is 5.73 Å². The fourth-order valence-electron chi connectivity index (χ4n) is 0.928. The zero-order chi connectivity index (χ0) is 10.8. The molecule has 0 saturated heterocycles. The van der Waals surface area contributed by atoms with Gasteiger partial charge in [0.05, 0.1) is 11.8 Å². The van der Waals surface area contributed by atoms with Crippen LogP contribution < -0.4 is 5.73 Å². The van der Waals surface area contributed by atoms with Crippen LogP contribution in [0.4, 0.5) is 0 Å². The van der Waals surface area contributed by atoms with Crippen LogP contribution in [0.1, 0.15) is 24.2 Å². The van der Waals surface area contributed by atoms with Crippen molar-refractivity contribution in [3.63, 3.8) is 0 Å². The molecular formula is C7H13N3O3S. The molecule has 0 amide bonds. The number of aryl methyl sites for hydroxylation is 1. The van der Waals surface area contributed by atoms with Gasteiger partial charge in [-0.25, -0.2) is 8.42 Å². The van der Waals surface area contributed by atoms with Gasteiger partial charge in [-0.3, -0.25) is 0 Å². The summed E-state index contributed by atoms with van der Waals surface area (Å²) in [6, 6.07) is -0.508. The molecule has 14 heavy (non-hydrogen) atoms. The van der Waals surface area contributed by atoms with Crippen LogP contribution in [0.5, 0.6) is 0 Å². The highest BCUT2D eigenvalue weighted by Crippen LogP contribution is 2.11. The first-order chi connectivity index (χ1) is 6.38. The second kappa shape index (κ2) is 4.05. The minimum Gasteiger partial charge on any atom is -0.338 e. The summed E-state index contributed by atoms with van der Waals surface area (Å²) in [5.41, 5.74) is 5.65. The summed E-state index contributed by atoms with van der Waals surface area (Å²) in [5, 5.41) is 3.57. The highest BCUT2D eigenvalue weighted by Gasteiger charge is 2.15. The van der Waals surface area contributed by atoms with Crippen LogP contribution in [0.3, 0.4) is 0 Å². The molecule has 0 aliphatic carbocycles. The topological polar surface area (TPSA) is 99.1 Å². The Morgan fingerprint density at radius 3 is 2.64 bits per heavy atom. The first kappa shape index (κ1) is 11.1. The Morgan fingerprint density at radius 2 is 2.21 bits per heavy atom. The van der Waals surface area contributed by atoms with Gasteiger partial charge in [-0.1, -0.05) is 5.16 Å². The molecule has 1 heterocycles. The maximum Gasteiger partial charge on any atom is 0.243 e. The number of nitrogens with zero attached hydrogens (tertiary/aromatic N) is 2. The van der Waals surface area contributed by atoms with Gasteiger partial charge < -0.3 is 10.3 Å². The van der Waals surface area contributed by atoms with E-state index in [1.54, 1.807) is 6.92 Å². The van der Waals surface area contributed by atoms with Gasteiger partial charge in [-0.05, 0) is 13.3 Å². The van der Waals surface area contributed by atoms with E-state index in [0.717, 1.165) is 0 Å². The van der Waals surface area contributed by atoms with E-state index in [1.165, 1.54) is 6.26 Å². The molecule has 2 N–H and O–H groups in total. The standard InChI is InChI=1S/C7H13N3O3S/c1-5-9-7(13-10-5)6(8)3-4-14(2,11)12/h6H,3-4,8H2,1-2H3/t6-/m1/s1. The molecule has 0 unspecified atom stereocenters. The molecule has 1 aromatic heterocycles. The Bertz CT molecular complexity index is 398. The molecule has 0 bridgehead atoms. The molecule has 0 fully saturated rings. The summed E-state index contributed by atoms with van der Waals surface area (Å²) < 4.78 is 26.5. The molecule has 0 aliphatic rings. The predicted molar refractivity (Wildman–Crippen MR) is 50.3 cm³/mol. The van der Waals surface area contributed by atoms with Crippen LogP contribution in [-0.4, -0.2) is 30.6 Å². The maximum atomic E-state index is 10.9. The minimum absolute atomic E-state index is 0.0234. The van der Waals surface area contributed by atoms with Gasteiger partial charge in [0.2, 0.25) is 5.89 Å². The SMILES string of the molecule is Cc1noc([C@H](N)CCS(C)(=O)=O)n1. The second-order valence-corrected chi connectivity index (χ2v) is 5.46. The Labute approximate surface area is 82.4 Å². The van der Waals surface area contributed by atoms with E-state index in [4.69, 9.17) is 10.3 Å². The van der Waals surface area contributed by atoms with Crippen molar-refractivity contribution in [3.8, 4) is 0 Å². The molecule has 0 aromatic carbocycles. The summed E-state index contributed by atoms with van der Waals surface area (Å²) in [6.07, 6.45) is 1.46. The van der Waals surface area contributed by atoms with E-state index in [1.807, 2.05) is 0 Å². The molecular weight excluding hydrogens is 206 g/mol. The number of hydrogen-bond acceptors (Lipinski definition) is 6. The van der Waals surface area contributed by atoms with Gasteiger partial charge >= 0.3 is 0 Å². The van der Waals surface area contributed by atoms with Crippen LogP contribution in [0, 0.1) is 6.92 Å². The highest BCUT2D eigenvalue weighted by molar-refractivity contribution is 7.90. The van der Waals surface area contributed by atoms with Gasteiger partial charge in [-0.2, -0.15) is 4.98 Å². The molecule has 0 radical (unpaired) electrons. The van der Waals surface area contributed by atoms with Gasteiger partial charge in [0.25, 0.3) is 0 Å². The normalized spacial score (nSPS) is 14.2. The van der Waals surface area contributed by atoms with Gasteiger partial charge in [0, 0.05) is 6.26 Å². The van der Waals surface area contributed by atoms with Crippen molar-refractivity contribution in [2.45, 2.75) is 19.4 Å². The number of aromatic nitrogens is 2. The summed E-state index contributed by atoms with van der Waals surface area (Å²) in [7, 11) is -2.99. The first-order valence-corrected chi connectivity index (χ1v) is 6.18. The van der Waals surface area contributed by atoms with E-state index in [2.05, 4.69) is 10.1 Å². The molecule has 6 nitrogen and oxygen atoms in total. The lowest BCUT2D eigenvalue weighted by Gasteiger charge is -2.04. The Kier molecular flexibility index (Phi) is 3.22. The largest absolute Gasteiger partial charge is 0.338 e. The number of nitrogens with two attached hydrogens (primary N) is 1. The maximum absolute atomic E-state index is 10.9. The molecule has 80 valence electrons. The smallest absolute Gasteiger partial charge is 0.243 e. The Hall–Kier alpha value is -0.950. The van der Waals surface area contributed by atoms with Crippen molar-refractivity contribution < 1.29 is 12.9 Å². The molecule has 1 atom stereocenters. The van der Waals surface area contributed by atoms with Crippen molar-refractivity contribution in [1.29, 1.82) is 0 Å². The van der Waals surface area contributed by atoms with Crippen LogP contribution in [-0.2, 0) is 9.84 Å². The fourth-order valence-corrected chi connectivity index (χ4v) is 1.61. The molecule has 7 heteroatoms. The molecule has 0 spiro atoms. The van der Waals surface area contributed by atoms with E-state index >= 15 is 0 Å². The van der Waals surface area contributed by atoms with Gasteiger partial charge in [-0.15, -0.1) is 0 Å². The quantitative estimate of drug-likeness (QED) is 0.753. The molecule has 1 aromatic rings. The zero-order valence-corrected chi connectivity index (χ0v) is 8.91. The summed E-state index contributed by atoms with van der Waals surface area (Å²) in [4.78, 5) is 3.91. The third-order valence-electron chi connectivity index (χ3n) is 1.66. The van der Waals surface area contributed by atoms with E-state index in [0.29, 0.717) is 12.2 Å². The van der Waals surface area contributed by atoms with E-state index < -0.39 is 15.9 Å². The molecule has 1 rings (SSSR count). The lowest BCUT2D eigenvalue weighted by Crippen LogP contribution is -2.16. The van der Waals surface area contributed by atoms with Crippen LogP contribution in [0.15, 0.2) is 4.52 Å². The summed E-state index contributed by atoms with van der Waals surface area (Å²) in [5.74, 6) is 0.802. The highest BCUT2D eigenvalue weighted by atomic mass is 32.2. The summed E-state index contributed by atoms with van der Waals surface area (Å²) >= 11 is 0. The first-order valence-electron chi connectivity index (χ1n) is 4.12. The third kappa shape index (κ3) is 3.43. The average Bonchev–Trinajstić information content (AvgIpc) is 2.46. The van der Waals surface area contributed by atoms with Crippen LogP contribution >= 0.6 is 0 Å². The molecule has 0 aliphatic heterocycles. The summed E-state index contributed by atoms with van der Waals surface area (Å²) in [6.45, 7) is 1.68. The number of sulfone groups is 1. The van der Waals surface area contributed by atoms with E-state index in [9.17, 15) is 8.42 Å². The lowest BCUT2D eigenvalue weighted by atomic mass is 10.2. The van der Waals surface area contributed by atoms with Crippen molar-refractivity contribution in [3.05, 3.63) is 11.7 Å². The van der Waals surface area contributed by atoms with Crippen LogP contribution in [0.2, 0.25) is 0 Å². The number of hydrogen-bond donors (Lipinski definition) is 1. The molecule has 0 saturated carbocycles. The second-order valence-electron chi connectivity index (χ2n) is 3.20. The van der Waals surface area contributed by atoms with Crippen molar-refractivity contribution in [1.82, 2.24) is 10.1 Å². The third-order valence-corrected chi connectivity index (χ3v) is 2.64. The monoisotopic (exact) mass is 219 g/mol. The van der Waals surface area contributed by atoms with Gasteiger partial charge in [0.15, 0.2) is 5.82 Å². The van der Waals surface area contributed by atoms with Crippen molar-refractivity contribution >= 4 is 9.84 Å². The average molecular weight is 219 g/mol. The van der Waals surface area contributed by atoms with Gasteiger partial charge in [0.1, 0.15) is 9.84 Å². The van der Waals surface area contributed by atoms with E-state index in [-0.39, 0.29) is 11.6 Å². The van der Waals surface area contributed by atoms with Crippen molar-refractivity contribution in [2.75, 3.05) is 12.0 Å². The van der Waals surface area contributed by atoms with Crippen LogP contribution in [0.25, 0.3) is 0 Å². The zero-order valence-electron chi connectivity index (χ0n) is 8.10. The Morgan fingerprint density at radius 1 is 1.57 bits per heavy atom. The lowest BCUT2D eigenvalue weighted by molar-refractivity contribution is 0.349. The number of rotatable bonds is 4. The fraction of sp³-hybridized carbons (Fsp3) is 0.714. The Balaban J connectivity index is 2.55. The predicted octanol–water partition coefficient (Wildman–Crippen LogP) is -0.187. The minimum atomic E-state index is -2.99.